The van der Waals surface area contributed by atoms with Crippen LogP contribution in [0.1, 0.15) is 52.4 Å². The second-order valence-corrected chi connectivity index (χ2v) is 4.59. The minimum absolute atomic E-state index is 0.672. The Bertz CT molecular complexity index is 128. The first kappa shape index (κ1) is 12.0. The van der Waals surface area contributed by atoms with Gasteiger partial charge in [-0.05, 0) is 45.7 Å². The fourth-order valence-corrected chi connectivity index (χ4v) is 2.20. The molecule has 2 nitrogen and oxygen atoms in total. The molecule has 1 saturated heterocycles. The zero-order valence-electron chi connectivity index (χ0n) is 9.81. The van der Waals surface area contributed by atoms with Crippen LogP contribution in [0.4, 0.5) is 0 Å². The molecule has 2 unspecified atom stereocenters. The standard InChI is InChI=1S/C12H26N2/c1-3-8-13-11(2)10-12-7-5-4-6-9-14-12/h11-14H,3-10H2,1-2H3. The molecule has 0 aliphatic carbocycles. The molecule has 2 heteroatoms. The van der Waals surface area contributed by atoms with Crippen LogP contribution in [-0.4, -0.2) is 25.2 Å². The van der Waals surface area contributed by atoms with Gasteiger partial charge in [-0.25, -0.2) is 0 Å². The minimum Gasteiger partial charge on any atom is -0.314 e. The normalized spacial score (nSPS) is 25.7. The highest BCUT2D eigenvalue weighted by molar-refractivity contribution is 4.75. The summed E-state index contributed by atoms with van der Waals surface area (Å²) in [4.78, 5) is 0. The van der Waals surface area contributed by atoms with E-state index in [1.54, 1.807) is 0 Å². The monoisotopic (exact) mass is 198 g/mol. The molecule has 0 amide bonds. The van der Waals surface area contributed by atoms with Gasteiger partial charge >= 0.3 is 0 Å². The van der Waals surface area contributed by atoms with Crippen LogP contribution in [0, 0.1) is 0 Å². The van der Waals surface area contributed by atoms with Crippen molar-refractivity contribution in [3.05, 3.63) is 0 Å². The maximum absolute atomic E-state index is 3.65. The van der Waals surface area contributed by atoms with E-state index in [-0.39, 0.29) is 0 Å². The maximum Gasteiger partial charge on any atom is 0.00817 e. The molecule has 0 radical (unpaired) electrons. The molecule has 2 N–H and O–H groups in total. The molecule has 0 saturated carbocycles. The van der Waals surface area contributed by atoms with Crippen molar-refractivity contribution in [3.63, 3.8) is 0 Å². The smallest absolute Gasteiger partial charge is 0.00817 e. The molecule has 0 aromatic heterocycles. The van der Waals surface area contributed by atoms with Crippen LogP contribution in [0.15, 0.2) is 0 Å². The van der Waals surface area contributed by atoms with Crippen LogP contribution in [0.3, 0.4) is 0 Å². The summed E-state index contributed by atoms with van der Waals surface area (Å²) in [6, 6.07) is 1.43. The molecule has 2 atom stereocenters. The van der Waals surface area contributed by atoms with Crippen molar-refractivity contribution in [1.29, 1.82) is 0 Å². The summed E-state index contributed by atoms with van der Waals surface area (Å²) in [6.07, 6.45) is 8.10. The van der Waals surface area contributed by atoms with Crippen molar-refractivity contribution in [1.82, 2.24) is 10.6 Å². The van der Waals surface area contributed by atoms with E-state index in [1.807, 2.05) is 0 Å². The van der Waals surface area contributed by atoms with E-state index in [1.165, 1.54) is 45.1 Å². The molecular weight excluding hydrogens is 172 g/mol. The third-order valence-corrected chi connectivity index (χ3v) is 3.04. The average Bonchev–Trinajstić information content (AvgIpc) is 2.43. The highest BCUT2D eigenvalue weighted by atomic mass is 14.9. The number of hydrogen-bond acceptors (Lipinski definition) is 2. The van der Waals surface area contributed by atoms with Crippen LogP contribution < -0.4 is 10.6 Å². The minimum atomic E-state index is 0.672. The second kappa shape index (κ2) is 7.24. The molecule has 1 heterocycles. The van der Waals surface area contributed by atoms with E-state index in [2.05, 4.69) is 24.5 Å². The van der Waals surface area contributed by atoms with Gasteiger partial charge in [-0.15, -0.1) is 0 Å². The fraction of sp³-hybridized carbons (Fsp3) is 1.00. The van der Waals surface area contributed by atoms with Gasteiger partial charge in [0.1, 0.15) is 0 Å². The molecule has 0 bridgehead atoms. The molecule has 1 aliphatic heterocycles. The highest BCUT2D eigenvalue weighted by Gasteiger charge is 2.13. The summed E-state index contributed by atoms with van der Waals surface area (Å²) in [5, 5.41) is 7.21. The van der Waals surface area contributed by atoms with Crippen LogP contribution in [0.5, 0.6) is 0 Å². The SMILES string of the molecule is CCCNC(C)CC1CCCCCN1. The van der Waals surface area contributed by atoms with Crippen molar-refractivity contribution >= 4 is 0 Å². The maximum atomic E-state index is 3.65. The van der Waals surface area contributed by atoms with Gasteiger partial charge in [0.05, 0.1) is 0 Å². The van der Waals surface area contributed by atoms with Gasteiger partial charge in [0.25, 0.3) is 0 Å². The lowest BCUT2D eigenvalue weighted by atomic mass is 10.0. The van der Waals surface area contributed by atoms with Crippen LogP contribution in [0.2, 0.25) is 0 Å². The Morgan fingerprint density at radius 1 is 1.36 bits per heavy atom. The molecule has 0 aromatic rings. The molecule has 1 rings (SSSR count). The van der Waals surface area contributed by atoms with Gasteiger partial charge in [-0.1, -0.05) is 19.8 Å². The summed E-state index contributed by atoms with van der Waals surface area (Å²) in [6.45, 7) is 6.92. The van der Waals surface area contributed by atoms with E-state index >= 15 is 0 Å². The van der Waals surface area contributed by atoms with Gasteiger partial charge in [0, 0.05) is 12.1 Å². The molecule has 0 spiro atoms. The fourth-order valence-electron chi connectivity index (χ4n) is 2.20. The van der Waals surface area contributed by atoms with Gasteiger partial charge < -0.3 is 10.6 Å². The van der Waals surface area contributed by atoms with E-state index < -0.39 is 0 Å². The first-order chi connectivity index (χ1) is 6.83. The first-order valence-electron chi connectivity index (χ1n) is 6.29. The topological polar surface area (TPSA) is 24.1 Å². The molecule has 0 aromatic carbocycles. The molecular formula is C12H26N2. The van der Waals surface area contributed by atoms with E-state index in [0.29, 0.717) is 6.04 Å². The summed E-state index contributed by atoms with van der Waals surface area (Å²) in [5.41, 5.74) is 0. The Morgan fingerprint density at radius 2 is 2.21 bits per heavy atom. The predicted molar refractivity (Wildman–Crippen MR) is 62.6 cm³/mol. The Kier molecular flexibility index (Phi) is 6.20. The van der Waals surface area contributed by atoms with Crippen molar-refractivity contribution in [2.75, 3.05) is 13.1 Å². The van der Waals surface area contributed by atoms with Gasteiger partial charge in [-0.3, -0.25) is 0 Å². The molecule has 1 fully saturated rings. The lowest BCUT2D eigenvalue weighted by Crippen LogP contribution is -2.37. The van der Waals surface area contributed by atoms with Crippen LogP contribution >= 0.6 is 0 Å². The Hall–Kier alpha value is -0.0800. The lowest BCUT2D eigenvalue weighted by Gasteiger charge is -2.21. The van der Waals surface area contributed by atoms with E-state index in [0.717, 1.165) is 12.6 Å². The molecule has 1 aliphatic rings. The third-order valence-electron chi connectivity index (χ3n) is 3.04. The first-order valence-corrected chi connectivity index (χ1v) is 6.29. The average molecular weight is 198 g/mol. The zero-order valence-corrected chi connectivity index (χ0v) is 9.81. The van der Waals surface area contributed by atoms with Crippen molar-refractivity contribution in [3.8, 4) is 0 Å². The van der Waals surface area contributed by atoms with Gasteiger partial charge in [0.2, 0.25) is 0 Å². The lowest BCUT2D eigenvalue weighted by molar-refractivity contribution is 0.403. The largest absolute Gasteiger partial charge is 0.314 e. The summed E-state index contributed by atoms with van der Waals surface area (Å²) >= 11 is 0. The summed E-state index contributed by atoms with van der Waals surface area (Å²) < 4.78 is 0. The number of hydrogen-bond donors (Lipinski definition) is 2. The predicted octanol–water partition coefficient (Wildman–Crippen LogP) is 2.30. The van der Waals surface area contributed by atoms with E-state index in [4.69, 9.17) is 0 Å². The Labute approximate surface area is 88.8 Å². The number of rotatable bonds is 5. The molecule has 14 heavy (non-hydrogen) atoms. The van der Waals surface area contributed by atoms with Crippen LogP contribution in [-0.2, 0) is 0 Å². The highest BCUT2D eigenvalue weighted by Crippen LogP contribution is 2.12. The summed E-state index contributed by atoms with van der Waals surface area (Å²) in [5.74, 6) is 0. The van der Waals surface area contributed by atoms with Crippen molar-refractivity contribution in [2.24, 2.45) is 0 Å². The molecule has 84 valence electrons. The third kappa shape index (κ3) is 4.97. The van der Waals surface area contributed by atoms with Gasteiger partial charge in [-0.2, -0.15) is 0 Å². The van der Waals surface area contributed by atoms with Crippen molar-refractivity contribution in [2.45, 2.75) is 64.5 Å². The zero-order chi connectivity index (χ0) is 10.2. The van der Waals surface area contributed by atoms with Gasteiger partial charge in [0.15, 0.2) is 0 Å². The summed E-state index contributed by atoms with van der Waals surface area (Å²) in [7, 11) is 0. The van der Waals surface area contributed by atoms with Crippen molar-refractivity contribution < 1.29 is 0 Å². The second-order valence-electron chi connectivity index (χ2n) is 4.59. The van der Waals surface area contributed by atoms with Crippen LogP contribution in [0.25, 0.3) is 0 Å². The number of nitrogens with one attached hydrogen (secondary N) is 2. The quantitative estimate of drug-likeness (QED) is 0.708. The Morgan fingerprint density at radius 3 is 3.00 bits per heavy atom. The van der Waals surface area contributed by atoms with E-state index in [9.17, 15) is 0 Å². The Balaban J connectivity index is 2.13.